The molecule has 0 amide bonds. The second-order valence-corrected chi connectivity index (χ2v) is 15.2. The van der Waals surface area contributed by atoms with Crippen molar-refractivity contribution in [1.29, 1.82) is 0 Å². The minimum absolute atomic E-state index is 0.0941. The van der Waals surface area contributed by atoms with Crippen molar-refractivity contribution in [3.05, 3.63) is 78.6 Å². The van der Waals surface area contributed by atoms with Gasteiger partial charge in [-0.1, -0.05) is 97.1 Å². The van der Waals surface area contributed by atoms with Crippen LogP contribution in [0.25, 0.3) is 0 Å². The first kappa shape index (κ1) is 31.9. The highest BCUT2D eigenvalue weighted by Gasteiger charge is 2.63. The van der Waals surface area contributed by atoms with Gasteiger partial charge in [0, 0.05) is 40.8 Å². The second-order valence-electron chi connectivity index (χ2n) is 10.9. The number of rotatable bonds is 9. The molecule has 0 aromatic heterocycles. The number of hydrogen-bond acceptors (Lipinski definition) is 4. The Morgan fingerprint density at radius 3 is 1.92 bits per heavy atom. The molecule has 38 heavy (non-hydrogen) atoms. The molecule has 0 N–H and O–H groups in total. The van der Waals surface area contributed by atoms with Gasteiger partial charge in [0.25, 0.3) is 0 Å². The first-order valence-corrected chi connectivity index (χ1v) is 16.8. The van der Waals surface area contributed by atoms with Crippen LogP contribution in [0.15, 0.2) is 36.4 Å². The lowest BCUT2D eigenvalue weighted by atomic mass is 9.51. The zero-order valence-corrected chi connectivity index (χ0v) is 28.0. The minimum Gasteiger partial charge on any atom is -0.175 e. The van der Waals surface area contributed by atoms with Gasteiger partial charge >= 0.3 is 0 Å². The monoisotopic (exact) mass is 664 g/mol. The van der Waals surface area contributed by atoms with Crippen molar-refractivity contribution in [1.82, 2.24) is 0 Å². The number of benzene rings is 2. The van der Waals surface area contributed by atoms with Crippen LogP contribution in [0.1, 0.15) is 94.1 Å². The molecule has 0 saturated heterocycles. The Bertz CT molecular complexity index is 1100. The molecule has 0 bridgehead atoms. The molecule has 0 aliphatic heterocycles. The van der Waals surface area contributed by atoms with Crippen molar-refractivity contribution in [3.8, 4) is 0 Å². The van der Waals surface area contributed by atoms with E-state index in [1.54, 1.807) is 0 Å². The molecule has 2 aliphatic rings. The molecule has 4 rings (SSSR count). The van der Waals surface area contributed by atoms with Crippen LogP contribution in [0.4, 0.5) is 0 Å². The van der Waals surface area contributed by atoms with Gasteiger partial charge < -0.3 is 0 Å². The van der Waals surface area contributed by atoms with Gasteiger partial charge in [-0.25, -0.2) is 0 Å². The molecule has 2 radical (unpaired) electrons. The molecule has 0 heterocycles. The summed E-state index contributed by atoms with van der Waals surface area (Å²) < 4.78 is -0.809. The van der Waals surface area contributed by atoms with Crippen LogP contribution in [-0.2, 0) is 5.41 Å². The topological polar surface area (TPSA) is 0 Å². The van der Waals surface area contributed by atoms with Crippen molar-refractivity contribution >= 4 is 96.9 Å². The molecule has 8 heteroatoms. The molecular formula is C30H36Cl4S4. The van der Waals surface area contributed by atoms with Gasteiger partial charge in [-0.05, 0) is 79.8 Å². The van der Waals surface area contributed by atoms with Gasteiger partial charge in [0.2, 0.25) is 0 Å². The highest BCUT2D eigenvalue weighted by molar-refractivity contribution is 7.88. The lowest BCUT2D eigenvalue weighted by Gasteiger charge is -2.61. The van der Waals surface area contributed by atoms with E-state index in [-0.39, 0.29) is 10.7 Å². The van der Waals surface area contributed by atoms with Crippen molar-refractivity contribution in [2.24, 2.45) is 0 Å². The Kier molecular flexibility index (Phi) is 11.4. The van der Waals surface area contributed by atoms with E-state index in [2.05, 4.69) is 24.8 Å². The SMILES string of the molecule is S[CH]CCC(c1ccc(Cl)cc1Cl)C([C](S)C1(S)CCCCC1)(c1ccc(Cl)cc1Cl)C1(S)CCCCC1. The summed E-state index contributed by atoms with van der Waals surface area (Å²) in [4.78, 5) is 0. The van der Waals surface area contributed by atoms with E-state index in [0.717, 1.165) is 80.6 Å². The molecule has 2 unspecified atom stereocenters. The largest absolute Gasteiger partial charge is 0.175 e. The Morgan fingerprint density at radius 2 is 1.37 bits per heavy atom. The quantitative estimate of drug-likeness (QED) is 0.188. The smallest absolute Gasteiger partial charge is 0.0556 e. The van der Waals surface area contributed by atoms with Crippen LogP contribution >= 0.6 is 96.9 Å². The standard InChI is InChI=1S/C30H36Cl4S4/c31-20-9-11-22(25(33)18-20)23(8-7-17-35)30(29(38)15-5-2-6-16-29,24-12-10-21(32)19-26(24)34)27(36)28(37)13-3-1-4-14-28/h9-12,17-19,23,35-38H,1-8,13-16H2. The third-order valence-electron chi connectivity index (χ3n) is 8.71. The minimum atomic E-state index is -0.686. The maximum absolute atomic E-state index is 7.19. The molecule has 2 aliphatic carbocycles. The van der Waals surface area contributed by atoms with Crippen molar-refractivity contribution in [2.45, 2.75) is 97.9 Å². The van der Waals surface area contributed by atoms with E-state index in [4.69, 9.17) is 84.3 Å². The van der Waals surface area contributed by atoms with Gasteiger partial charge in [-0.2, -0.15) is 50.5 Å². The lowest BCUT2D eigenvalue weighted by Crippen LogP contribution is -2.60. The lowest BCUT2D eigenvalue weighted by molar-refractivity contribution is 0.198. The van der Waals surface area contributed by atoms with E-state index in [0.29, 0.717) is 20.1 Å². The van der Waals surface area contributed by atoms with Gasteiger partial charge in [0.1, 0.15) is 0 Å². The number of halogens is 4. The average molecular weight is 667 g/mol. The Morgan fingerprint density at radius 1 is 0.816 bits per heavy atom. The predicted octanol–water partition coefficient (Wildman–Crippen LogP) is 11.9. The second kappa shape index (κ2) is 13.5. The van der Waals surface area contributed by atoms with E-state index < -0.39 is 10.2 Å². The number of thiol groups is 4. The van der Waals surface area contributed by atoms with E-state index in [1.165, 1.54) is 12.8 Å². The molecule has 2 aromatic rings. The molecule has 0 spiro atoms. The normalized spacial score (nSPS) is 21.7. The zero-order chi connectivity index (χ0) is 27.6. The maximum Gasteiger partial charge on any atom is 0.0556 e. The Labute approximate surface area is 271 Å². The fraction of sp³-hybridized carbons (Fsp3) is 0.533. The van der Waals surface area contributed by atoms with Crippen LogP contribution in [0.5, 0.6) is 0 Å². The third-order valence-corrected chi connectivity index (χ3v) is 12.5. The van der Waals surface area contributed by atoms with E-state index in [9.17, 15) is 0 Å². The van der Waals surface area contributed by atoms with Crippen molar-refractivity contribution in [3.63, 3.8) is 0 Å². The predicted molar refractivity (Wildman–Crippen MR) is 182 cm³/mol. The summed E-state index contributed by atoms with van der Waals surface area (Å²) in [6.45, 7) is 0. The van der Waals surface area contributed by atoms with Gasteiger partial charge in [0.15, 0.2) is 0 Å². The highest BCUT2D eigenvalue weighted by Crippen LogP contribution is 2.68. The maximum atomic E-state index is 7.19. The van der Waals surface area contributed by atoms with E-state index in [1.807, 2.05) is 30.0 Å². The summed E-state index contributed by atoms with van der Waals surface area (Å²) in [7, 11) is 0. The summed E-state index contributed by atoms with van der Waals surface area (Å²) in [5.74, 6) is 1.83. The molecule has 208 valence electrons. The Balaban J connectivity index is 2.11. The van der Waals surface area contributed by atoms with Crippen molar-refractivity contribution in [2.75, 3.05) is 0 Å². The van der Waals surface area contributed by atoms with Crippen LogP contribution in [-0.4, -0.2) is 9.49 Å². The van der Waals surface area contributed by atoms with Gasteiger partial charge in [-0.3, -0.25) is 0 Å². The highest BCUT2D eigenvalue weighted by atomic mass is 35.5. The molecule has 2 fully saturated rings. The summed E-state index contributed by atoms with van der Waals surface area (Å²) in [6, 6.07) is 11.7. The van der Waals surface area contributed by atoms with Crippen LogP contribution in [0.2, 0.25) is 20.1 Å². The Hall–Kier alpha value is 1.000. The summed E-state index contributed by atoms with van der Waals surface area (Å²) in [5.41, 5.74) is 1.34. The first-order valence-electron chi connectivity index (χ1n) is 13.5. The summed E-state index contributed by atoms with van der Waals surface area (Å²) in [5, 5.41) is 3.53. The van der Waals surface area contributed by atoms with Crippen LogP contribution < -0.4 is 0 Å². The third kappa shape index (κ3) is 6.19. The summed E-state index contributed by atoms with van der Waals surface area (Å²) >= 11 is 48.3. The first-order chi connectivity index (χ1) is 18.1. The van der Waals surface area contributed by atoms with E-state index >= 15 is 0 Å². The van der Waals surface area contributed by atoms with Crippen LogP contribution in [0, 0.1) is 11.0 Å². The van der Waals surface area contributed by atoms with Gasteiger partial charge in [-0.15, -0.1) is 0 Å². The molecular weight excluding hydrogens is 630 g/mol. The summed E-state index contributed by atoms with van der Waals surface area (Å²) in [6.07, 6.45) is 12.2. The zero-order valence-electron chi connectivity index (χ0n) is 21.4. The van der Waals surface area contributed by atoms with Crippen molar-refractivity contribution < 1.29 is 0 Å². The molecule has 2 saturated carbocycles. The van der Waals surface area contributed by atoms with Gasteiger partial charge in [0.05, 0.1) is 5.25 Å². The number of hydrogen-bond donors (Lipinski definition) is 4. The molecule has 2 aromatic carbocycles. The fourth-order valence-corrected chi connectivity index (χ4v) is 10.2. The van der Waals surface area contributed by atoms with Crippen LogP contribution in [0.3, 0.4) is 0 Å². The fourth-order valence-electron chi connectivity index (χ4n) is 6.99. The molecule has 2 atom stereocenters. The average Bonchev–Trinajstić information content (AvgIpc) is 2.88. The molecule has 0 nitrogen and oxygen atoms in total.